The first kappa shape index (κ1) is 15.8. The summed E-state index contributed by atoms with van der Waals surface area (Å²) in [6.07, 6.45) is 0.716. The van der Waals surface area contributed by atoms with Gasteiger partial charge in [-0.3, -0.25) is 0 Å². The maximum atomic E-state index is 13.0. The minimum Gasteiger partial charge on any atom is -0.497 e. The zero-order chi connectivity index (χ0) is 16.4. The van der Waals surface area contributed by atoms with Crippen molar-refractivity contribution >= 4 is 10.0 Å². The van der Waals surface area contributed by atoms with E-state index in [-0.39, 0.29) is 4.90 Å². The Morgan fingerprint density at radius 1 is 1.00 bits per heavy atom. The lowest BCUT2D eigenvalue weighted by atomic mass is 10.0. The van der Waals surface area contributed by atoms with Crippen LogP contribution in [0.25, 0.3) is 0 Å². The Morgan fingerprint density at radius 3 is 2.43 bits per heavy atom. The fraction of sp³-hybridized carbons (Fsp3) is 0.294. The van der Waals surface area contributed by atoms with E-state index in [1.54, 1.807) is 12.1 Å². The van der Waals surface area contributed by atoms with Gasteiger partial charge in [0.2, 0.25) is 10.0 Å². The molecule has 0 atom stereocenters. The van der Waals surface area contributed by atoms with Crippen LogP contribution in [0.1, 0.15) is 11.1 Å². The average molecular weight is 333 g/mol. The molecule has 6 heteroatoms. The van der Waals surface area contributed by atoms with E-state index < -0.39 is 10.0 Å². The van der Waals surface area contributed by atoms with E-state index >= 15 is 0 Å². The number of sulfonamides is 1. The molecule has 0 saturated heterocycles. The second-order valence-corrected chi connectivity index (χ2v) is 7.28. The molecule has 0 bridgehead atoms. The quantitative estimate of drug-likeness (QED) is 0.862. The summed E-state index contributed by atoms with van der Waals surface area (Å²) in [6.45, 7) is 0.849. The highest BCUT2D eigenvalue weighted by atomic mass is 32.2. The first-order chi connectivity index (χ1) is 11.1. The van der Waals surface area contributed by atoms with Crippen molar-refractivity contribution in [1.82, 2.24) is 4.31 Å². The first-order valence-electron chi connectivity index (χ1n) is 7.35. The van der Waals surface area contributed by atoms with Crippen LogP contribution in [0.3, 0.4) is 0 Å². The number of fused-ring (bicyclic) bond motifs is 1. The molecule has 1 heterocycles. The summed E-state index contributed by atoms with van der Waals surface area (Å²) in [5.41, 5.74) is 2.26. The molecule has 0 spiro atoms. The van der Waals surface area contributed by atoms with Crippen LogP contribution in [0.5, 0.6) is 11.5 Å². The summed E-state index contributed by atoms with van der Waals surface area (Å²) in [7, 11) is -0.630. The second kappa shape index (κ2) is 6.22. The maximum absolute atomic E-state index is 13.0. The highest BCUT2D eigenvalue weighted by Gasteiger charge is 2.30. The third kappa shape index (κ3) is 2.92. The number of ether oxygens (including phenoxy) is 2. The number of methoxy groups -OCH3 is 2. The molecular formula is C17H19NO4S. The molecule has 122 valence electrons. The van der Waals surface area contributed by atoms with E-state index in [0.717, 1.165) is 5.56 Å². The summed E-state index contributed by atoms with van der Waals surface area (Å²) in [5.74, 6) is 0.855. The van der Waals surface area contributed by atoms with Gasteiger partial charge in [0.15, 0.2) is 0 Å². The number of benzene rings is 2. The molecule has 0 unspecified atom stereocenters. The van der Waals surface area contributed by atoms with Crippen molar-refractivity contribution in [2.24, 2.45) is 0 Å². The highest BCUT2D eigenvalue weighted by Crippen LogP contribution is 2.32. The lowest BCUT2D eigenvalue weighted by Crippen LogP contribution is -2.36. The van der Waals surface area contributed by atoms with Crippen LogP contribution in [0, 0.1) is 0 Å². The van der Waals surface area contributed by atoms with E-state index in [9.17, 15) is 8.42 Å². The summed E-state index contributed by atoms with van der Waals surface area (Å²) >= 11 is 0. The predicted octanol–water partition coefficient (Wildman–Crippen LogP) is 2.45. The molecule has 2 aromatic carbocycles. The van der Waals surface area contributed by atoms with Gasteiger partial charge in [0.25, 0.3) is 0 Å². The Bertz CT molecular complexity index is 817. The molecule has 0 aliphatic carbocycles. The van der Waals surface area contributed by atoms with Crippen molar-refractivity contribution in [2.75, 3.05) is 20.8 Å². The molecule has 5 nitrogen and oxygen atoms in total. The van der Waals surface area contributed by atoms with Crippen molar-refractivity contribution in [3.05, 3.63) is 53.6 Å². The van der Waals surface area contributed by atoms with Crippen LogP contribution in [0.2, 0.25) is 0 Å². The summed E-state index contributed by atoms with van der Waals surface area (Å²) in [6, 6.07) is 12.7. The first-order valence-corrected chi connectivity index (χ1v) is 8.79. The monoisotopic (exact) mass is 333 g/mol. The van der Waals surface area contributed by atoms with Crippen LogP contribution in [0.4, 0.5) is 0 Å². The van der Waals surface area contributed by atoms with E-state index in [0.29, 0.717) is 31.0 Å². The zero-order valence-corrected chi connectivity index (χ0v) is 14.0. The molecule has 3 rings (SSSR count). The SMILES string of the molecule is COc1ccc(S(=O)(=O)N2CCc3ccccc3C2)c(OC)c1. The third-order valence-corrected chi connectivity index (χ3v) is 5.97. The van der Waals surface area contributed by atoms with E-state index in [4.69, 9.17) is 9.47 Å². The van der Waals surface area contributed by atoms with Gasteiger partial charge >= 0.3 is 0 Å². The molecule has 1 aliphatic heterocycles. The standard InChI is InChI=1S/C17H19NO4S/c1-21-15-7-8-17(16(11-15)22-2)23(19,20)18-10-9-13-5-3-4-6-14(13)12-18/h3-8,11H,9-10,12H2,1-2H3. The Hall–Kier alpha value is -2.05. The van der Waals surface area contributed by atoms with Gasteiger partial charge < -0.3 is 9.47 Å². The van der Waals surface area contributed by atoms with Crippen LogP contribution in [-0.4, -0.2) is 33.5 Å². The Kier molecular flexibility index (Phi) is 4.28. The summed E-state index contributed by atoms with van der Waals surface area (Å²) in [4.78, 5) is 0.167. The van der Waals surface area contributed by atoms with Crippen molar-refractivity contribution in [3.8, 4) is 11.5 Å². The fourth-order valence-corrected chi connectivity index (χ4v) is 4.36. The Balaban J connectivity index is 1.97. The molecule has 0 amide bonds. The second-order valence-electron chi connectivity index (χ2n) is 5.37. The summed E-state index contributed by atoms with van der Waals surface area (Å²) in [5, 5.41) is 0. The van der Waals surface area contributed by atoms with Crippen molar-refractivity contribution in [3.63, 3.8) is 0 Å². The van der Waals surface area contributed by atoms with Gasteiger partial charge in [0.05, 0.1) is 14.2 Å². The van der Waals surface area contributed by atoms with Crippen molar-refractivity contribution in [1.29, 1.82) is 0 Å². The number of nitrogens with zero attached hydrogens (tertiary/aromatic N) is 1. The normalized spacial score (nSPS) is 15.0. The molecule has 23 heavy (non-hydrogen) atoms. The smallest absolute Gasteiger partial charge is 0.247 e. The molecule has 1 aliphatic rings. The van der Waals surface area contributed by atoms with Gasteiger partial charge in [0, 0.05) is 19.2 Å². The molecule has 0 radical (unpaired) electrons. The lowest BCUT2D eigenvalue weighted by molar-refractivity contribution is 0.372. The van der Waals surface area contributed by atoms with Crippen LogP contribution < -0.4 is 9.47 Å². The molecule has 2 aromatic rings. The Morgan fingerprint density at radius 2 is 1.74 bits per heavy atom. The fourth-order valence-electron chi connectivity index (χ4n) is 2.80. The molecule has 0 fully saturated rings. The predicted molar refractivity (Wildman–Crippen MR) is 87.3 cm³/mol. The largest absolute Gasteiger partial charge is 0.497 e. The molecular weight excluding hydrogens is 314 g/mol. The van der Waals surface area contributed by atoms with Gasteiger partial charge in [-0.15, -0.1) is 0 Å². The van der Waals surface area contributed by atoms with Crippen molar-refractivity contribution in [2.45, 2.75) is 17.9 Å². The number of hydrogen-bond acceptors (Lipinski definition) is 4. The lowest BCUT2D eigenvalue weighted by Gasteiger charge is -2.28. The van der Waals surface area contributed by atoms with Crippen LogP contribution in [0.15, 0.2) is 47.4 Å². The minimum atomic E-state index is -3.62. The number of rotatable bonds is 4. The van der Waals surface area contributed by atoms with Crippen LogP contribution in [-0.2, 0) is 23.0 Å². The van der Waals surface area contributed by atoms with Gasteiger partial charge in [0.1, 0.15) is 16.4 Å². The number of hydrogen-bond donors (Lipinski definition) is 0. The zero-order valence-electron chi connectivity index (χ0n) is 13.2. The average Bonchev–Trinajstić information content (AvgIpc) is 2.60. The minimum absolute atomic E-state index is 0.167. The van der Waals surface area contributed by atoms with Crippen LogP contribution >= 0.6 is 0 Å². The molecule has 0 aromatic heterocycles. The Labute approximate surface area is 136 Å². The van der Waals surface area contributed by atoms with E-state index in [1.165, 1.54) is 30.2 Å². The van der Waals surface area contributed by atoms with E-state index in [1.807, 2.05) is 24.3 Å². The third-order valence-electron chi connectivity index (χ3n) is 4.08. The van der Waals surface area contributed by atoms with Crippen molar-refractivity contribution < 1.29 is 17.9 Å². The molecule has 0 N–H and O–H groups in total. The topological polar surface area (TPSA) is 55.8 Å². The van der Waals surface area contributed by atoms with Gasteiger partial charge in [-0.05, 0) is 29.7 Å². The summed E-state index contributed by atoms with van der Waals surface area (Å²) < 4.78 is 37.8. The van der Waals surface area contributed by atoms with E-state index in [2.05, 4.69) is 0 Å². The highest BCUT2D eigenvalue weighted by molar-refractivity contribution is 7.89. The van der Waals surface area contributed by atoms with Gasteiger partial charge in [-0.2, -0.15) is 4.31 Å². The van der Waals surface area contributed by atoms with Gasteiger partial charge in [-0.25, -0.2) is 8.42 Å². The maximum Gasteiger partial charge on any atom is 0.247 e. The van der Waals surface area contributed by atoms with Gasteiger partial charge in [-0.1, -0.05) is 24.3 Å². The molecule has 0 saturated carbocycles.